The van der Waals surface area contributed by atoms with Gasteiger partial charge in [-0.1, -0.05) is 12.1 Å². The normalized spacial score (nSPS) is 14.6. The summed E-state index contributed by atoms with van der Waals surface area (Å²) < 4.78 is 13.8. The molecule has 3 rings (SSSR count). The van der Waals surface area contributed by atoms with Gasteiger partial charge in [0, 0.05) is 37.4 Å². The minimum Gasteiger partial charge on any atom is -0.368 e. The Balaban J connectivity index is 1.64. The van der Waals surface area contributed by atoms with Crippen molar-refractivity contribution < 1.29 is 14.0 Å². The van der Waals surface area contributed by atoms with Crippen LogP contribution in [0.1, 0.15) is 27.6 Å². The molecule has 0 bridgehead atoms. The molecule has 0 radical (unpaired) electrons. The molecule has 1 amide bonds. The van der Waals surface area contributed by atoms with Gasteiger partial charge in [0.05, 0.1) is 5.56 Å². The second-order valence-electron chi connectivity index (χ2n) is 5.86. The third kappa shape index (κ3) is 3.30. The molecule has 1 heterocycles. The van der Waals surface area contributed by atoms with Gasteiger partial charge in [0.1, 0.15) is 5.82 Å². The zero-order valence-corrected chi connectivity index (χ0v) is 13.5. The minimum atomic E-state index is -0.482. The van der Waals surface area contributed by atoms with Crippen molar-refractivity contribution in [3.8, 4) is 0 Å². The number of ketones is 1. The number of benzene rings is 2. The molecule has 5 heteroatoms. The van der Waals surface area contributed by atoms with Gasteiger partial charge in [0.25, 0.3) is 5.91 Å². The molecule has 0 spiro atoms. The first-order valence-electron chi connectivity index (χ1n) is 7.96. The maximum absolute atomic E-state index is 13.8. The van der Waals surface area contributed by atoms with Gasteiger partial charge in [0.2, 0.25) is 0 Å². The summed E-state index contributed by atoms with van der Waals surface area (Å²) in [5.74, 6) is -0.703. The van der Waals surface area contributed by atoms with Crippen molar-refractivity contribution >= 4 is 17.4 Å². The van der Waals surface area contributed by atoms with Crippen molar-refractivity contribution in [1.82, 2.24) is 4.90 Å². The largest absolute Gasteiger partial charge is 0.368 e. The Bertz CT molecular complexity index is 750. The minimum absolute atomic E-state index is 0.0434. The van der Waals surface area contributed by atoms with Crippen LogP contribution in [0.2, 0.25) is 0 Å². The summed E-state index contributed by atoms with van der Waals surface area (Å²) >= 11 is 0. The molecule has 0 aromatic heterocycles. The molecule has 0 unspecified atom stereocenters. The first-order valence-corrected chi connectivity index (χ1v) is 7.96. The molecule has 1 fully saturated rings. The number of carbonyl (C=O) groups is 2. The molecule has 0 atom stereocenters. The topological polar surface area (TPSA) is 40.6 Å². The molecule has 124 valence electrons. The Kier molecular flexibility index (Phi) is 4.60. The molecule has 24 heavy (non-hydrogen) atoms. The number of nitrogens with zero attached hydrogens (tertiary/aromatic N) is 2. The van der Waals surface area contributed by atoms with E-state index in [1.807, 2.05) is 24.3 Å². The van der Waals surface area contributed by atoms with Crippen molar-refractivity contribution in [2.45, 2.75) is 6.92 Å². The Hall–Kier alpha value is -2.69. The second-order valence-corrected chi connectivity index (χ2v) is 5.86. The van der Waals surface area contributed by atoms with E-state index in [4.69, 9.17) is 0 Å². The predicted octanol–water partition coefficient (Wildman–Crippen LogP) is 2.99. The summed E-state index contributed by atoms with van der Waals surface area (Å²) in [6.07, 6.45) is 0. The first kappa shape index (κ1) is 16.2. The number of amides is 1. The lowest BCUT2D eigenvalue weighted by Crippen LogP contribution is -2.49. The number of halogens is 1. The monoisotopic (exact) mass is 326 g/mol. The third-order valence-corrected chi connectivity index (χ3v) is 4.31. The van der Waals surface area contributed by atoms with Crippen LogP contribution in [0.5, 0.6) is 0 Å². The lowest BCUT2D eigenvalue weighted by atomic mass is 10.1. The molecule has 1 aliphatic heterocycles. The van der Waals surface area contributed by atoms with E-state index < -0.39 is 5.82 Å². The number of rotatable bonds is 3. The summed E-state index contributed by atoms with van der Waals surface area (Å²) in [6.45, 7) is 3.99. The van der Waals surface area contributed by atoms with Crippen LogP contribution in [-0.2, 0) is 0 Å². The summed E-state index contributed by atoms with van der Waals surface area (Å²) in [4.78, 5) is 27.6. The Morgan fingerprint density at radius 3 is 2.12 bits per heavy atom. The van der Waals surface area contributed by atoms with Crippen LogP contribution in [0.3, 0.4) is 0 Å². The quantitative estimate of drug-likeness (QED) is 0.814. The fraction of sp³-hybridized carbons (Fsp3) is 0.263. The zero-order chi connectivity index (χ0) is 17.1. The molecule has 4 nitrogen and oxygen atoms in total. The summed E-state index contributed by atoms with van der Waals surface area (Å²) in [5, 5.41) is 0. The summed E-state index contributed by atoms with van der Waals surface area (Å²) in [7, 11) is 0. The highest BCUT2D eigenvalue weighted by Gasteiger charge is 2.24. The molecule has 0 aliphatic carbocycles. The summed E-state index contributed by atoms with van der Waals surface area (Å²) in [5.41, 5.74) is 1.84. The van der Waals surface area contributed by atoms with E-state index in [1.54, 1.807) is 24.0 Å². The van der Waals surface area contributed by atoms with Gasteiger partial charge in [-0.15, -0.1) is 0 Å². The molecule has 1 aliphatic rings. The maximum atomic E-state index is 13.8. The zero-order valence-electron chi connectivity index (χ0n) is 13.5. The Morgan fingerprint density at radius 1 is 0.917 bits per heavy atom. The van der Waals surface area contributed by atoms with E-state index in [2.05, 4.69) is 4.90 Å². The number of hydrogen-bond acceptors (Lipinski definition) is 3. The van der Waals surface area contributed by atoms with E-state index in [0.29, 0.717) is 31.7 Å². The van der Waals surface area contributed by atoms with Crippen LogP contribution in [-0.4, -0.2) is 42.8 Å². The average molecular weight is 326 g/mol. The van der Waals surface area contributed by atoms with Crippen molar-refractivity contribution in [2.24, 2.45) is 0 Å². The number of carbonyl (C=O) groups excluding carboxylic acids is 2. The van der Waals surface area contributed by atoms with Gasteiger partial charge in [-0.25, -0.2) is 4.39 Å². The van der Waals surface area contributed by atoms with E-state index in [9.17, 15) is 14.0 Å². The number of hydrogen-bond donors (Lipinski definition) is 0. The number of Topliss-reactive ketones (excluding diaryl/α,β-unsaturated/α-hetero) is 1. The number of anilines is 1. The lowest BCUT2D eigenvalue weighted by molar-refractivity contribution is 0.0742. The SMILES string of the molecule is CC(=O)c1ccc(N2CCN(C(=O)c3ccccc3F)CC2)cc1. The predicted molar refractivity (Wildman–Crippen MR) is 91.0 cm³/mol. The van der Waals surface area contributed by atoms with Gasteiger partial charge < -0.3 is 9.80 Å². The van der Waals surface area contributed by atoms with E-state index in [0.717, 1.165) is 5.69 Å². The maximum Gasteiger partial charge on any atom is 0.256 e. The van der Waals surface area contributed by atoms with E-state index in [-0.39, 0.29) is 17.3 Å². The molecule has 0 saturated carbocycles. The highest BCUT2D eigenvalue weighted by Crippen LogP contribution is 2.19. The highest BCUT2D eigenvalue weighted by atomic mass is 19.1. The Labute approximate surface area is 140 Å². The van der Waals surface area contributed by atoms with Gasteiger partial charge in [-0.2, -0.15) is 0 Å². The van der Waals surface area contributed by atoms with Gasteiger partial charge >= 0.3 is 0 Å². The van der Waals surface area contributed by atoms with Gasteiger partial charge in [-0.3, -0.25) is 9.59 Å². The number of piperazine rings is 1. The van der Waals surface area contributed by atoms with Crippen molar-refractivity contribution in [3.05, 3.63) is 65.5 Å². The second kappa shape index (κ2) is 6.83. The smallest absolute Gasteiger partial charge is 0.256 e. The van der Waals surface area contributed by atoms with Crippen LogP contribution >= 0.6 is 0 Å². The first-order chi connectivity index (χ1) is 11.6. The van der Waals surface area contributed by atoms with Crippen molar-refractivity contribution in [1.29, 1.82) is 0 Å². The Morgan fingerprint density at radius 2 is 1.54 bits per heavy atom. The molecular formula is C19H19FN2O2. The molecule has 0 N–H and O–H groups in total. The third-order valence-electron chi connectivity index (χ3n) is 4.31. The highest BCUT2D eigenvalue weighted by molar-refractivity contribution is 5.95. The van der Waals surface area contributed by atoms with Crippen LogP contribution < -0.4 is 4.90 Å². The average Bonchev–Trinajstić information content (AvgIpc) is 2.62. The standard InChI is InChI=1S/C19H19FN2O2/c1-14(23)15-6-8-16(9-7-15)21-10-12-22(13-11-21)19(24)17-4-2-3-5-18(17)20/h2-9H,10-13H2,1H3. The van der Waals surface area contributed by atoms with E-state index in [1.165, 1.54) is 12.1 Å². The van der Waals surface area contributed by atoms with Crippen LogP contribution in [0.25, 0.3) is 0 Å². The van der Waals surface area contributed by atoms with Crippen LogP contribution in [0.15, 0.2) is 48.5 Å². The molecule has 2 aromatic carbocycles. The lowest BCUT2D eigenvalue weighted by Gasteiger charge is -2.36. The fourth-order valence-electron chi connectivity index (χ4n) is 2.88. The molecule has 2 aromatic rings. The fourth-order valence-corrected chi connectivity index (χ4v) is 2.88. The van der Waals surface area contributed by atoms with Crippen LogP contribution in [0.4, 0.5) is 10.1 Å². The van der Waals surface area contributed by atoms with Crippen molar-refractivity contribution in [2.75, 3.05) is 31.1 Å². The summed E-state index contributed by atoms with van der Waals surface area (Å²) in [6, 6.07) is 13.5. The van der Waals surface area contributed by atoms with Gasteiger partial charge in [0.15, 0.2) is 5.78 Å². The molecular weight excluding hydrogens is 307 g/mol. The van der Waals surface area contributed by atoms with Crippen molar-refractivity contribution in [3.63, 3.8) is 0 Å². The molecule has 1 saturated heterocycles. The van der Waals surface area contributed by atoms with Gasteiger partial charge in [-0.05, 0) is 43.3 Å². The van der Waals surface area contributed by atoms with E-state index >= 15 is 0 Å². The van der Waals surface area contributed by atoms with Crippen LogP contribution in [0, 0.1) is 5.82 Å².